The highest BCUT2D eigenvalue weighted by molar-refractivity contribution is 5.79. The number of amides is 1. The maximum atomic E-state index is 12.6. The number of rotatable bonds is 3. The molecule has 2 N–H and O–H groups in total. The van der Waals surface area contributed by atoms with Crippen LogP contribution in [-0.2, 0) is 11.3 Å². The largest absolute Gasteiger partial charge is 0.340 e. The van der Waals surface area contributed by atoms with E-state index < -0.39 is 0 Å². The molecule has 3 rings (SSSR count). The van der Waals surface area contributed by atoms with Gasteiger partial charge in [0.15, 0.2) is 0 Å². The minimum absolute atomic E-state index is 0.158. The fourth-order valence-electron chi connectivity index (χ4n) is 3.56. The summed E-state index contributed by atoms with van der Waals surface area (Å²) in [4.78, 5) is 21.4. The topological polar surface area (TPSA) is 62.5 Å². The van der Waals surface area contributed by atoms with Gasteiger partial charge in [0.25, 0.3) is 0 Å². The average Bonchev–Trinajstić information content (AvgIpc) is 2.56. The van der Waals surface area contributed by atoms with Gasteiger partial charge in [0.05, 0.1) is 5.69 Å². The number of nitrogens with zero attached hydrogens (tertiary/aromatic N) is 3. The monoisotopic (exact) mass is 302 g/mol. The van der Waals surface area contributed by atoms with Crippen molar-refractivity contribution >= 4 is 5.91 Å². The van der Waals surface area contributed by atoms with Crippen LogP contribution < -0.4 is 5.73 Å². The maximum Gasteiger partial charge on any atom is 0.225 e. The third-order valence-electron chi connectivity index (χ3n) is 4.86. The van der Waals surface area contributed by atoms with Crippen LogP contribution in [0.15, 0.2) is 24.4 Å². The second-order valence-corrected chi connectivity index (χ2v) is 6.55. The summed E-state index contributed by atoms with van der Waals surface area (Å²) in [6.45, 7) is 4.40. The molecule has 1 aromatic heterocycles. The minimum Gasteiger partial charge on any atom is -0.340 e. The van der Waals surface area contributed by atoms with Gasteiger partial charge in [-0.3, -0.25) is 14.7 Å². The van der Waals surface area contributed by atoms with Crippen LogP contribution in [0.3, 0.4) is 0 Å². The molecule has 2 heterocycles. The predicted molar refractivity (Wildman–Crippen MR) is 86.0 cm³/mol. The van der Waals surface area contributed by atoms with Gasteiger partial charge in [0.2, 0.25) is 5.91 Å². The Morgan fingerprint density at radius 1 is 1.23 bits per heavy atom. The highest BCUT2D eigenvalue weighted by Gasteiger charge is 2.30. The number of nitrogens with two attached hydrogens (primary N) is 1. The zero-order valence-corrected chi connectivity index (χ0v) is 13.2. The average molecular weight is 302 g/mol. The third-order valence-corrected chi connectivity index (χ3v) is 4.86. The molecule has 5 heteroatoms. The van der Waals surface area contributed by atoms with Crippen LogP contribution >= 0.6 is 0 Å². The van der Waals surface area contributed by atoms with Crippen LogP contribution in [0.25, 0.3) is 0 Å². The Hall–Kier alpha value is -1.46. The molecule has 2 fully saturated rings. The van der Waals surface area contributed by atoms with Gasteiger partial charge in [-0.15, -0.1) is 0 Å². The molecule has 2 atom stereocenters. The van der Waals surface area contributed by atoms with Crippen molar-refractivity contribution in [3.63, 3.8) is 0 Å². The fraction of sp³-hybridized carbons (Fsp3) is 0.647. The maximum absolute atomic E-state index is 12.6. The molecule has 0 bridgehead atoms. The standard InChI is InChI=1S/C17H26N4O/c18-15-5-3-4-14(12-15)17(22)21-10-8-20(9-11-21)13-16-6-1-2-7-19-16/h1-2,6-7,14-15H,3-5,8-13,18H2. The van der Waals surface area contributed by atoms with Gasteiger partial charge in [-0.25, -0.2) is 0 Å². The first kappa shape index (κ1) is 15.4. The molecule has 1 saturated carbocycles. The van der Waals surface area contributed by atoms with Crippen molar-refractivity contribution in [2.45, 2.75) is 38.3 Å². The van der Waals surface area contributed by atoms with Gasteiger partial charge in [0.1, 0.15) is 0 Å². The smallest absolute Gasteiger partial charge is 0.225 e. The van der Waals surface area contributed by atoms with Gasteiger partial charge >= 0.3 is 0 Å². The summed E-state index contributed by atoms with van der Waals surface area (Å²) in [7, 11) is 0. The van der Waals surface area contributed by atoms with E-state index in [4.69, 9.17) is 5.73 Å². The molecule has 120 valence electrons. The molecule has 1 amide bonds. The van der Waals surface area contributed by atoms with Crippen molar-refractivity contribution < 1.29 is 4.79 Å². The lowest BCUT2D eigenvalue weighted by atomic mass is 9.85. The molecule has 0 aromatic carbocycles. The predicted octanol–water partition coefficient (Wildman–Crippen LogP) is 1.24. The van der Waals surface area contributed by atoms with Gasteiger partial charge in [-0.1, -0.05) is 12.5 Å². The van der Waals surface area contributed by atoms with Crippen LogP contribution in [0.1, 0.15) is 31.4 Å². The molecule has 1 saturated heterocycles. The van der Waals surface area contributed by atoms with E-state index in [9.17, 15) is 4.79 Å². The number of carbonyl (C=O) groups is 1. The molecular formula is C17H26N4O. The zero-order valence-electron chi connectivity index (χ0n) is 13.2. The Morgan fingerprint density at radius 3 is 2.73 bits per heavy atom. The summed E-state index contributed by atoms with van der Waals surface area (Å²) >= 11 is 0. The van der Waals surface area contributed by atoms with E-state index in [-0.39, 0.29) is 12.0 Å². The second-order valence-electron chi connectivity index (χ2n) is 6.55. The van der Waals surface area contributed by atoms with E-state index >= 15 is 0 Å². The van der Waals surface area contributed by atoms with Crippen LogP contribution in [0.4, 0.5) is 0 Å². The number of aromatic nitrogens is 1. The summed E-state index contributed by atoms with van der Waals surface area (Å²) in [6.07, 6.45) is 5.88. The highest BCUT2D eigenvalue weighted by Crippen LogP contribution is 2.25. The summed E-state index contributed by atoms with van der Waals surface area (Å²) < 4.78 is 0. The Bertz CT molecular complexity index is 485. The Kier molecular flexibility index (Phi) is 5.05. The molecule has 1 aliphatic heterocycles. The third kappa shape index (κ3) is 3.84. The Balaban J connectivity index is 1.48. The molecule has 2 unspecified atom stereocenters. The van der Waals surface area contributed by atoms with Crippen LogP contribution in [0, 0.1) is 5.92 Å². The van der Waals surface area contributed by atoms with E-state index in [0.29, 0.717) is 5.91 Å². The number of carbonyl (C=O) groups excluding carboxylic acids is 1. The number of hydrogen-bond donors (Lipinski definition) is 1. The van der Waals surface area contributed by atoms with Gasteiger partial charge in [-0.2, -0.15) is 0 Å². The molecule has 1 aliphatic carbocycles. The van der Waals surface area contributed by atoms with Crippen molar-refractivity contribution in [3.05, 3.63) is 30.1 Å². The molecule has 5 nitrogen and oxygen atoms in total. The van der Waals surface area contributed by atoms with Crippen LogP contribution in [0.5, 0.6) is 0 Å². The first-order valence-corrected chi connectivity index (χ1v) is 8.39. The first-order valence-electron chi connectivity index (χ1n) is 8.39. The molecule has 0 radical (unpaired) electrons. The summed E-state index contributed by atoms with van der Waals surface area (Å²) in [6, 6.07) is 6.23. The number of pyridine rings is 1. The first-order chi connectivity index (χ1) is 10.7. The minimum atomic E-state index is 0.158. The summed E-state index contributed by atoms with van der Waals surface area (Å²) in [5.41, 5.74) is 7.11. The fourth-order valence-corrected chi connectivity index (χ4v) is 3.56. The molecule has 1 aromatic rings. The molecule has 22 heavy (non-hydrogen) atoms. The lowest BCUT2D eigenvalue weighted by Crippen LogP contribution is -2.51. The van der Waals surface area contributed by atoms with Crippen molar-refractivity contribution in [2.24, 2.45) is 11.7 Å². The Morgan fingerprint density at radius 2 is 2.05 bits per heavy atom. The Labute approximate surface area is 132 Å². The molecule has 0 spiro atoms. The SMILES string of the molecule is NC1CCCC(C(=O)N2CCN(Cc3ccccn3)CC2)C1. The lowest BCUT2D eigenvalue weighted by Gasteiger charge is -2.37. The second kappa shape index (κ2) is 7.20. The van der Waals surface area contributed by atoms with Gasteiger partial charge < -0.3 is 10.6 Å². The van der Waals surface area contributed by atoms with E-state index in [1.54, 1.807) is 0 Å². The van der Waals surface area contributed by atoms with Crippen molar-refractivity contribution in [1.29, 1.82) is 0 Å². The normalized spacial score (nSPS) is 26.9. The van der Waals surface area contributed by atoms with E-state index in [2.05, 4.69) is 16.0 Å². The number of piperazine rings is 1. The van der Waals surface area contributed by atoms with Crippen molar-refractivity contribution in [3.8, 4) is 0 Å². The number of hydrogen-bond acceptors (Lipinski definition) is 4. The van der Waals surface area contributed by atoms with E-state index in [1.807, 2.05) is 23.2 Å². The summed E-state index contributed by atoms with van der Waals surface area (Å²) in [5, 5.41) is 0. The van der Waals surface area contributed by atoms with E-state index in [1.165, 1.54) is 0 Å². The van der Waals surface area contributed by atoms with Crippen molar-refractivity contribution in [1.82, 2.24) is 14.8 Å². The van der Waals surface area contributed by atoms with E-state index in [0.717, 1.165) is 64.1 Å². The molecule has 2 aliphatic rings. The molecular weight excluding hydrogens is 276 g/mol. The quantitative estimate of drug-likeness (QED) is 0.912. The zero-order chi connectivity index (χ0) is 15.4. The summed E-state index contributed by atoms with van der Waals surface area (Å²) in [5.74, 6) is 0.485. The van der Waals surface area contributed by atoms with Gasteiger partial charge in [-0.05, 0) is 31.4 Å². The lowest BCUT2D eigenvalue weighted by molar-refractivity contribution is -0.138. The highest BCUT2D eigenvalue weighted by atomic mass is 16.2. The van der Waals surface area contributed by atoms with Gasteiger partial charge in [0, 0.05) is 50.9 Å². The van der Waals surface area contributed by atoms with Crippen LogP contribution in [-0.4, -0.2) is 52.9 Å². The van der Waals surface area contributed by atoms with Crippen LogP contribution in [0.2, 0.25) is 0 Å². The van der Waals surface area contributed by atoms with Crippen molar-refractivity contribution in [2.75, 3.05) is 26.2 Å².